The SMILES string of the molecule is CCc1c(OCCN2CCOCC2)ccc(CN(C(=O)CC(=O)Nc2ccc(C(F)(F)F)cc2-c2cc(C(F)(F)F)ncn2)N(C)C2(C(=O)OC)CCC2)c1F. The number of hydrazine groups is 1. The number of nitrogens with one attached hydrogen (secondary N) is 1. The highest BCUT2D eigenvalue weighted by Gasteiger charge is 2.52. The first-order valence-corrected chi connectivity index (χ1v) is 17.7. The van der Waals surface area contributed by atoms with Gasteiger partial charge in [0.05, 0.1) is 43.8 Å². The standard InChI is InChI=1S/C37H41F7N6O6/c1-4-25-29(56-17-14-49-12-15-55-16-13-49)9-6-23(33(25)38)21-50(48(2)35(10-5-11-35)34(53)54-3)32(52)20-31(51)47-27-8-7-24(36(39,40)41)18-26(27)28-19-30(37(42,43)44)46-22-45-28/h6-9,18-19,22H,4-5,10-17,20-21H2,1-3H3,(H,47,51). The van der Waals surface area contributed by atoms with E-state index in [1.807, 2.05) is 0 Å². The number of rotatable bonds is 14. The lowest BCUT2D eigenvalue weighted by Gasteiger charge is -2.49. The maximum absolute atomic E-state index is 16.2. The molecule has 56 heavy (non-hydrogen) atoms. The lowest BCUT2D eigenvalue weighted by molar-refractivity contribution is -0.189. The van der Waals surface area contributed by atoms with Crippen molar-refractivity contribution in [2.24, 2.45) is 0 Å². The van der Waals surface area contributed by atoms with Gasteiger partial charge in [-0.1, -0.05) is 13.0 Å². The van der Waals surface area contributed by atoms with Gasteiger partial charge in [-0.25, -0.2) is 24.2 Å². The number of esters is 1. The van der Waals surface area contributed by atoms with E-state index in [1.54, 1.807) is 13.0 Å². The fourth-order valence-corrected chi connectivity index (χ4v) is 6.59. The third kappa shape index (κ3) is 9.55. The molecule has 2 amide bonds. The van der Waals surface area contributed by atoms with E-state index < -0.39 is 77.0 Å². The number of morpholine rings is 1. The minimum absolute atomic E-state index is 0.0385. The van der Waals surface area contributed by atoms with Gasteiger partial charge < -0.3 is 19.5 Å². The van der Waals surface area contributed by atoms with E-state index in [4.69, 9.17) is 14.2 Å². The minimum Gasteiger partial charge on any atom is -0.492 e. The van der Waals surface area contributed by atoms with Crippen LogP contribution in [-0.4, -0.2) is 102 Å². The van der Waals surface area contributed by atoms with E-state index in [1.165, 1.54) is 25.2 Å². The number of anilines is 1. The summed E-state index contributed by atoms with van der Waals surface area (Å²) in [4.78, 5) is 49.5. The van der Waals surface area contributed by atoms with Gasteiger partial charge in [-0.3, -0.25) is 19.5 Å². The number of likely N-dealkylation sites (N-methyl/N-ethyl adjacent to an activating group) is 1. The number of hydrogen-bond donors (Lipinski definition) is 1. The first-order chi connectivity index (χ1) is 26.5. The van der Waals surface area contributed by atoms with Crippen LogP contribution in [0.15, 0.2) is 42.7 Å². The van der Waals surface area contributed by atoms with E-state index in [2.05, 4.69) is 20.2 Å². The van der Waals surface area contributed by atoms with Crippen LogP contribution < -0.4 is 10.1 Å². The van der Waals surface area contributed by atoms with Crippen LogP contribution in [0.1, 0.15) is 55.0 Å². The van der Waals surface area contributed by atoms with Gasteiger partial charge in [0.15, 0.2) is 0 Å². The van der Waals surface area contributed by atoms with Crippen molar-refractivity contribution in [1.82, 2.24) is 24.9 Å². The Morgan fingerprint density at radius 3 is 2.32 bits per heavy atom. The Morgan fingerprint density at radius 2 is 1.71 bits per heavy atom. The molecule has 2 heterocycles. The molecule has 0 unspecified atom stereocenters. The molecule has 1 aliphatic carbocycles. The lowest BCUT2D eigenvalue weighted by Crippen LogP contribution is -2.64. The summed E-state index contributed by atoms with van der Waals surface area (Å²) in [6.07, 6.45) is -8.93. The van der Waals surface area contributed by atoms with E-state index in [-0.39, 0.29) is 42.7 Å². The van der Waals surface area contributed by atoms with Crippen molar-refractivity contribution < 1.29 is 59.3 Å². The third-order valence-electron chi connectivity index (χ3n) is 9.90. The molecular formula is C37H41F7N6O6. The third-order valence-corrected chi connectivity index (χ3v) is 9.90. The van der Waals surface area contributed by atoms with Crippen LogP contribution in [0, 0.1) is 5.82 Å². The second-order valence-electron chi connectivity index (χ2n) is 13.3. The van der Waals surface area contributed by atoms with Crippen LogP contribution in [0.3, 0.4) is 0 Å². The van der Waals surface area contributed by atoms with Crippen LogP contribution in [0.5, 0.6) is 5.75 Å². The molecule has 2 aliphatic rings. The fraction of sp³-hybridized carbons (Fsp3) is 0.486. The van der Waals surface area contributed by atoms with Gasteiger partial charge in [-0.2, -0.15) is 26.3 Å². The Balaban J connectivity index is 1.41. The molecule has 1 aromatic heterocycles. The first kappa shape index (κ1) is 42.3. The zero-order valence-corrected chi connectivity index (χ0v) is 30.9. The normalized spacial score (nSPS) is 15.9. The van der Waals surface area contributed by atoms with E-state index in [9.17, 15) is 40.7 Å². The Hall–Kier alpha value is -4.88. The van der Waals surface area contributed by atoms with Crippen molar-refractivity contribution in [1.29, 1.82) is 0 Å². The van der Waals surface area contributed by atoms with Gasteiger partial charge in [0.1, 0.15) is 42.2 Å². The van der Waals surface area contributed by atoms with Gasteiger partial charge in [0.2, 0.25) is 11.8 Å². The molecular weight excluding hydrogens is 757 g/mol. The smallest absolute Gasteiger partial charge is 0.433 e. The van der Waals surface area contributed by atoms with Gasteiger partial charge >= 0.3 is 18.3 Å². The molecule has 1 saturated heterocycles. The fourth-order valence-electron chi connectivity index (χ4n) is 6.59. The molecule has 19 heteroatoms. The Kier molecular flexibility index (Phi) is 13.2. The molecule has 1 aliphatic heterocycles. The largest absolute Gasteiger partial charge is 0.492 e. The average Bonchev–Trinajstić information content (AvgIpc) is 3.13. The summed E-state index contributed by atoms with van der Waals surface area (Å²) >= 11 is 0. The van der Waals surface area contributed by atoms with Gasteiger partial charge in [0.25, 0.3) is 0 Å². The maximum atomic E-state index is 16.2. The van der Waals surface area contributed by atoms with E-state index >= 15 is 4.39 Å². The molecule has 304 valence electrons. The molecule has 5 rings (SSSR count). The average molecular weight is 799 g/mol. The number of carbonyl (C=O) groups excluding carboxylic acids is 3. The molecule has 12 nitrogen and oxygen atoms in total. The summed E-state index contributed by atoms with van der Waals surface area (Å²) in [5.41, 5.74) is -5.20. The molecule has 3 aromatic rings. The summed E-state index contributed by atoms with van der Waals surface area (Å²) in [5, 5.41) is 4.64. The quantitative estimate of drug-likeness (QED) is 0.0914. The molecule has 0 bridgehead atoms. The highest BCUT2D eigenvalue weighted by Crippen LogP contribution is 2.40. The van der Waals surface area contributed by atoms with Crippen molar-refractivity contribution in [2.45, 2.75) is 63.5 Å². The predicted octanol–water partition coefficient (Wildman–Crippen LogP) is 5.89. The van der Waals surface area contributed by atoms with Crippen molar-refractivity contribution in [3.8, 4) is 17.0 Å². The number of ether oxygens (including phenoxy) is 3. The Bertz CT molecular complexity index is 1900. The van der Waals surface area contributed by atoms with E-state index in [0.29, 0.717) is 56.5 Å². The van der Waals surface area contributed by atoms with Crippen molar-refractivity contribution in [3.05, 3.63) is 70.9 Å². The lowest BCUT2D eigenvalue weighted by atomic mass is 9.76. The number of nitrogens with zero attached hydrogens (tertiary/aromatic N) is 5. The molecule has 2 fully saturated rings. The number of methoxy groups -OCH3 is 1. The Morgan fingerprint density at radius 1 is 1.00 bits per heavy atom. The number of alkyl halides is 6. The zero-order valence-electron chi connectivity index (χ0n) is 30.9. The number of halogens is 7. The van der Waals surface area contributed by atoms with Crippen LogP contribution in [-0.2, 0) is 49.2 Å². The summed E-state index contributed by atoms with van der Waals surface area (Å²) in [5.74, 6) is -3.01. The molecule has 2 aromatic carbocycles. The number of benzene rings is 2. The zero-order chi connectivity index (χ0) is 40.8. The van der Waals surface area contributed by atoms with Crippen molar-refractivity contribution in [2.75, 3.05) is 58.9 Å². The number of amides is 2. The molecule has 1 N–H and O–H groups in total. The van der Waals surface area contributed by atoms with Crippen molar-refractivity contribution in [3.63, 3.8) is 0 Å². The minimum atomic E-state index is -4.96. The van der Waals surface area contributed by atoms with Gasteiger partial charge in [0, 0.05) is 43.4 Å². The first-order valence-electron chi connectivity index (χ1n) is 17.7. The predicted molar refractivity (Wildman–Crippen MR) is 186 cm³/mol. The van der Waals surface area contributed by atoms with Crippen LogP contribution in [0.4, 0.5) is 36.4 Å². The molecule has 0 spiro atoms. The number of hydrogen-bond acceptors (Lipinski definition) is 10. The highest BCUT2D eigenvalue weighted by atomic mass is 19.4. The highest BCUT2D eigenvalue weighted by molar-refractivity contribution is 6.05. The topological polar surface area (TPSA) is 126 Å². The van der Waals surface area contributed by atoms with Gasteiger partial charge in [-0.05, 0) is 56.0 Å². The second-order valence-corrected chi connectivity index (χ2v) is 13.3. The summed E-state index contributed by atoms with van der Waals surface area (Å²) < 4.78 is 114. The van der Waals surface area contributed by atoms with E-state index in [0.717, 1.165) is 24.2 Å². The number of carbonyl (C=O) groups is 3. The number of aromatic nitrogens is 2. The monoisotopic (exact) mass is 798 g/mol. The second kappa shape index (κ2) is 17.5. The molecule has 0 atom stereocenters. The summed E-state index contributed by atoms with van der Waals surface area (Å²) in [7, 11) is 2.60. The Labute approximate surface area is 317 Å². The summed E-state index contributed by atoms with van der Waals surface area (Å²) in [6, 6.07) is 5.39. The van der Waals surface area contributed by atoms with Crippen LogP contribution >= 0.6 is 0 Å². The molecule has 0 radical (unpaired) electrons. The maximum Gasteiger partial charge on any atom is 0.433 e. The van der Waals surface area contributed by atoms with Gasteiger partial charge in [-0.15, -0.1) is 0 Å². The summed E-state index contributed by atoms with van der Waals surface area (Å²) in [6.45, 7) is 4.89. The van der Waals surface area contributed by atoms with Crippen molar-refractivity contribution >= 4 is 23.5 Å². The molecule has 1 saturated carbocycles. The van der Waals surface area contributed by atoms with Crippen LogP contribution in [0.2, 0.25) is 0 Å². The van der Waals surface area contributed by atoms with Crippen LogP contribution in [0.25, 0.3) is 11.3 Å².